The first kappa shape index (κ1) is 18.6. The maximum absolute atomic E-state index is 12.2. The van der Waals surface area contributed by atoms with E-state index >= 15 is 0 Å². The fourth-order valence-corrected chi connectivity index (χ4v) is 3.02. The first-order valence-corrected chi connectivity index (χ1v) is 8.34. The summed E-state index contributed by atoms with van der Waals surface area (Å²) < 4.78 is 5.47. The van der Waals surface area contributed by atoms with Gasteiger partial charge in [-0.25, -0.2) is 5.43 Å². The molecule has 5 nitrogen and oxygen atoms in total. The van der Waals surface area contributed by atoms with E-state index < -0.39 is 0 Å². The number of phenols is 1. The summed E-state index contributed by atoms with van der Waals surface area (Å²) >= 11 is 11.4. The van der Waals surface area contributed by atoms with Crippen molar-refractivity contribution >= 4 is 35.3 Å². The molecule has 0 radical (unpaired) electrons. The molecule has 1 aromatic carbocycles. The normalized spacial score (nSPS) is 21.4. The third-order valence-electron chi connectivity index (χ3n) is 4.17. The van der Waals surface area contributed by atoms with Gasteiger partial charge in [0, 0.05) is 0 Å². The van der Waals surface area contributed by atoms with E-state index in [1.165, 1.54) is 12.3 Å². The Morgan fingerprint density at radius 2 is 2.17 bits per heavy atom. The minimum absolute atomic E-state index is 0.00377. The number of allylic oxidation sites excluding steroid dienone is 1. The molecule has 7 heteroatoms. The molecule has 1 aromatic rings. The van der Waals surface area contributed by atoms with Gasteiger partial charge in [-0.2, -0.15) is 5.10 Å². The number of phenolic OH excluding ortho intramolecular Hbond substituents is 1. The molecule has 1 fully saturated rings. The Balaban J connectivity index is 1.98. The maximum Gasteiger partial charge on any atom is 0.244 e. The number of carbonyl (C=O) groups is 1. The summed E-state index contributed by atoms with van der Waals surface area (Å²) in [7, 11) is 0. The van der Waals surface area contributed by atoms with E-state index in [4.69, 9.17) is 27.9 Å². The Hall–Kier alpha value is -1.72. The molecule has 0 heterocycles. The zero-order chi connectivity index (χ0) is 17.9. The average Bonchev–Trinajstić information content (AvgIpc) is 3.02. The van der Waals surface area contributed by atoms with Crippen molar-refractivity contribution in [2.24, 2.45) is 22.4 Å². The predicted octanol–water partition coefficient (Wildman–Crippen LogP) is 3.83. The Labute approximate surface area is 151 Å². The van der Waals surface area contributed by atoms with Gasteiger partial charge in [-0.3, -0.25) is 4.79 Å². The van der Waals surface area contributed by atoms with Crippen LogP contribution in [-0.2, 0) is 4.79 Å². The lowest BCUT2D eigenvalue weighted by Crippen LogP contribution is -2.21. The van der Waals surface area contributed by atoms with Crippen molar-refractivity contribution in [3.63, 3.8) is 0 Å². The van der Waals surface area contributed by atoms with Crippen LogP contribution in [0.3, 0.4) is 0 Å². The molecule has 0 bridgehead atoms. The molecule has 1 amide bonds. The number of hydrazone groups is 1. The molecule has 2 N–H and O–H groups in total. The van der Waals surface area contributed by atoms with Crippen molar-refractivity contribution in [1.82, 2.24) is 5.43 Å². The van der Waals surface area contributed by atoms with Crippen molar-refractivity contribution in [3.05, 3.63) is 34.3 Å². The summed E-state index contributed by atoms with van der Waals surface area (Å²) in [6.45, 7) is 6.23. The minimum atomic E-state index is -0.221. The summed E-state index contributed by atoms with van der Waals surface area (Å²) in [5, 5.41) is 13.6. The molecule has 1 aliphatic carbocycles. The molecule has 2 atom stereocenters. The molecule has 0 saturated heterocycles. The molecule has 0 spiro atoms. The number of amides is 1. The number of carbonyl (C=O) groups excluding carboxylic acids is 1. The predicted molar refractivity (Wildman–Crippen MR) is 95.6 cm³/mol. The summed E-state index contributed by atoms with van der Waals surface area (Å²) in [5.41, 5.74) is 3.03. The monoisotopic (exact) mass is 370 g/mol. The Kier molecular flexibility index (Phi) is 5.78. The van der Waals surface area contributed by atoms with Crippen LogP contribution in [0, 0.1) is 17.3 Å². The molecule has 0 aliphatic heterocycles. The van der Waals surface area contributed by atoms with Crippen LogP contribution in [0.5, 0.6) is 11.5 Å². The van der Waals surface area contributed by atoms with E-state index in [1.54, 1.807) is 18.2 Å². The van der Waals surface area contributed by atoms with Gasteiger partial charge in [-0.05, 0) is 48.1 Å². The van der Waals surface area contributed by atoms with Gasteiger partial charge in [0.25, 0.3) is 0 Å². The molecule has 2 rings (SSSR count). The zero-order valence-electron chi connectivity index (χ0n) is 13.7. The molecule has 1 aliphatic rings. The van der Waals surface area contributed by atoms with E-state index in [2.05, 4.69) is 10.5 Å². The Bertz CT molecular complexity index is 682. The van der Waals surface area contributed by atoms with E-state index in [1.807, 2.05) is 20.8 Å². The highest BCUT2D eigenvalue weighted by Gasteiger charge is 2.60. The minimum Gasteiger partial charge on any atom is -0.504 e. The second kappa shape index (κ2) is 7.45. The topological polar surface area (TPSA) is 70.9 Å². The quantitative estimate of drug-likeness (QED) is 0.590. The van der Waals surface area contributed by atoms with Crippen LogP contribution in [0.15, 0.2) is 33.9 Å². The van der Waals surface area contributed by atoms with E-state index in [0.717, 1.165) is 0 Å². The van der Waals surface area contributed by atoms with Gasteiger partial charge in [0.05, 0.1) is 18.7 Å². The highest BCUT2D eigenvalue weighted by molar-refractivity contribution is 6.55. The lowest BCUT2D eigenvalue weighted by molar-refractivity contribution is -0.123. The SMILES string of the molecule is CCOc1cc(/C=N\NC(=O)[C@H]2[C@@H](C=C(Cl)Cl)C2(C)C)ccc1O. The van der Waals surface area contributed by atoms with Gasteiger partial charge in [0.1, 0.15) is 4.49 Å². The third-order valence-corrected chi connectivity index (χ3v) is 4.42. The highest BCUT2D eigenvalue weighted by Crippen LogP contribution is 2.59. The number of hydrogen-bond donors (Lipinski definition) is 2. The molecule has 130 valence electrons. The molecular formula is C17H20Cl2N2O3. The summed E-state index contributed by atoms with van der Waals surface area (Å²) in [6.07, 6.45) is 3.18. The van der Waals surface area contributed by atoms with Crippen LogP contribution in [0.1, 0.15) is 26.3 Å². The van der Waals surface area contributed by atoms with Crippen LogP contribution in [0.2, 0.25) is 0 Å². The lowest BCUT2D eigenvalue weighted by atomic mass is 10.1. The zero-order valence-corrected chi connectivity index (χ0v) is 15.2. The number of nitrogens with zero attached hydrogens (tertiary/aromatic N) is 1. The highest BCUT2D eigenvalue weighted by atomic mass is 35.5. The molecule has 0 unspecified atom stereocenters. The first-order valence-electron chi connectivity index (χ1n) is 7.59. The number of hydrogen-bond acceptors (Lipinski definition) is 4. The summed E-state index contributed by atoms with van der Waals surface area (Å²) in [5.74, 6) is 0.0242. The Morgan fingerprint density at radius 3 is 2.79 bits per heavy atom. The second-order valence-electron chi connectivity index (χ2n) is 6.18. The van der Waals surface area contributed by atoms with E-state index in [-0.39, 0.29) is 33.4 Å². The van der Waals surface area contributed by atoms with Crippen LogP contribution < -0.4 is 10.2 Å². The van der Waals surface area contributed by atoms with Crippen molar-refractivity contribution in [3.8, 4) is 11.5 Å². The average molecular weight is 371 g/mol. The van der Waals surface area contributed by atoms with Crippen LogP contribution >= 0.6 is 23.2 Å². The third kappa shape index (κ3) is 4.22. The van der Waals surface area contributed by atoms with Crippen molar-refractivity contribution in [2.75, 3.05) is 6.61 Å². The number of halogens is 2. The fraction of sp³-hybridized carbons (Fsp3) is 0.412. The molecular weight excluding hydrogens is 351 g/mol. The smallest absolute Gasteiger partial charge is 0.244 e. The van der Waals surface area contributed by atoms with Crippen LogP contribution in [-0.4, -0.2) is 23.8 Å². The van der Waals surface area contributed by atoms with E-state index in [9.17, 15) is 9.90 Å². The molecule has 0 aromatic heterocycles. The number of ether oxygens (including phenoxy) is 1. The van der Waals surface area contributed by atoms with E-state index in [0.29, 0.717) is 17.9 Å². The molecule has 1 saturated carbocycles. The fourth-order valence-electron chi connectivity index (χ4n) is 2.75. The summed E-state index contributed by atoms with van der Waals surface area (Å²) in [4.78, 5) is 12.2. The van der Waals surface area contributed by atoms with Crippen molar-refractivity contribution < 1.29 is 14.6 Å². The second-order valence-corrected chi connectivity index (χ2v) is 7.18. The van der Waals surface area contributed by atoms with Gasteiger partial charge < -0.3 is 9.84 Å². The van der Waals surface area contributed by atoms with Gasteiger partial charge in [0.15, 0.2) is 11.5 Å². The lowest BCUT2D eigenvalue weighted by Gasteiger charge is -2.06. The standard InChI is InChI=1S/C17H20Cl2N2O3/c1-4-24-13-7-10(5-6-12(13)22)9-20-21-16(23)15-11(8-14(18)19)17(15,2)3/h5-9,11,15,22H,4H2,1-3H3,(H,21,23)/b20-9-/t11-,15-/m1/s1. The summed E-state index contributed by atoms with van der Waals surface area (Å²) in [6, 6.07) is 4.84. The number of aromatic hydroxyl groups is 1. The Morgan fingerprint density at radius 1 is 1.46 bits per heavy atom. The van der Waals surface area contributed by atoms with Gasteiger partial charge in [-0.1, -0.05) is 37.0 Å². The number of nitrogens with one attached hydrogen (secondary N) is 1. The van der Waals surface area contributed by atoms with Crippen molar-refractivity contribution in [1.29, 1.82) is 0 Å². The number of benzene rings is 1. The van der Waals surface area contributed by atoms with Crippen LogP contribution in [0.4, 0.5) is 0 Å². The maximum atomic E-state index is 12.2. The number of rotatable bonds is 6. The largest absolute Gasteiger partial charge is 0.504 e. The van der Waals surface area contributed by atoms with Gasteiger partial charge in [0.2, 0.25) is 5.91 Å². The van der Waals surface area contributed by atoms with Crippen LogP contribution in [0.25, 0.3) is 0 Å². The van der Waals surface area contributed by atoms with Gasteiger partial charge in [-0.15, -0.1) is 0 Å². The molecule has 24 heavy (non-hydrogen) atoms. The first-order chi connectivity index (χ1) is 11.3. The van der Waals surface area contributed by atoms with Gasteiger partial charge >= 0.3 is 0 Å². The van der Waals surface area contributed by atoms with Crippen molar-refractivity contribution in [2.45, 2.75) is 20.8 Å².